The summed E-state index contributed by atoms with van der Waals surface area (Å²) in [5, 5.41) is 10.9. The molecule has 6 amide bonds. The van der Waals surface area contributed by atoms with Crippen molar-refractivity contribution in [3.8, 4) is 0 Å². The molecule has 0 radical (unpaired) electrons. The third kappa shape index (κ3) is 7.76. The molecular weight excluding hydrogens is 554 g/mol. The summed E-state index contributed by atoms with van der Waals surface area (Å²) in [6.45, 7) is 6.31. The number of hydrogen-bond donors (Lipinski definition) is 4. The van der Waals surface area contributed by atoms with E-state index in [1.54, 1.807) is 63.2 Å². The van der Waals surface area contributed by atoms with Gasteiger partial charge in [0.05, 0.1) is 22.4 Å². The number of ether oxygens (including phenoxy) is 1. The lowest BCUT2D eigenvalue weighted by atomic mass is 10.0. The molecule has 0 saturated carbocycles. The van der Waals surface area contributed by atoms with E-state index >= 15 is 0 Å². The van der Waals surface area contributed by atoms with Crippen LogP contribution >= 0.6 is 0 Å². The number of fused-ring (bicyclic) bond motifs is 1. The smallest absolute Gasteiger partial charge is 0.412 e. The summed E-state index contributed by atoms with van der Waals surface area (Å²) in [6.07, 6.45) is 2.80. The van der Waals surface area contributed by atoms with Crippen molar-refractivity contribution >= 4 is 47.0 Å². The SMILES string of the molecule is CC(C)(C)OC(=O)Nc1ccccc1C(=O)NCCCCCCNc1cccc2c1C(=O)N(C1CCC(=O)NC1=O)C2=O. The Bertz CT molecular complexity index is 1430. The number of imide groups is 2. The largest absolute Gasteiger partial charge is 0.444 e. The van der Waals surface area contributed by atoms with Crippen molar-refractivity contribution in [1.29, 1.82) is 0 Å². The number of rotatable bonds is 11. The minimum Gasteiger partial charge on any atom is -0.444 e. The van der Waals surface area contributed by atoms with Crippen LogP contribution in [0.3, 0.4) is 0 Å². The molecule has 43 heavy (non-hydrogen) atoms. The van der Waals surface area contributed by atoms with E-state index in [2.05, 4.69) is 21.3 Å². The first-order chi connectivity index (χ1) is 20.5. The first-order valence-corrected chi connectivity index (χ1v) is 14.4. The van der Waals surface area contributed by atoms with Gasteiger partial charge in [0.2, 0.25) is 11.8 Å². The number of carbonyl (C=O) groups excluding carboxylic acids is 6. The quantitative estimate of drug-likeness (QED) is 0.226. The van der Waals surface area contributed by atoms with E-state index in [0.717, 1.165) is 30.6 Å². The summed E-state index contributed by atoms with van der Waals surface area (Å²) in [4.78, 5) is 75.8. The second kappa shape index (κ2) is 13.5. The van der Waals surface area contributed by atoms with Gasteiger partial charge in [-0.3, -0.25) is 39.5 Å². The molecule has 2 aliphatic heterocycles. The average molecular weight is 592 g/mol. The number of unbranched alkanes of at least 4 members (excludes halogenated alkanes) is 3. The molecule has 1 atom stereocenters. The summed E-state index contributed by atoms with van der Waals surface area (Å²) >= 11 is 0. The summed E-state index contributed by atoms with van der Waals surface area (Å²) in [5.41, 5.74) is 1.05. The van der Waals surface area contributed by atoms with Gasteiger partial charge in [0, 0.05) is 25.2 Å². The Balaban J connectivity index is 1.20. The summed E-state index contributed by atoms with van der Waals surface area (Å²) in [5.74, 6) is -2.44. The minimum atomic E-state index is -1.01. The summed E-state index contributed by atoms with van der Waals surface area (Å²) in [6, 6.07) is 10.7. The fourth-order valence-corrected chi connectivity index (χ4v) is 4.99. The molecule has 12 nitrogen and oxygen atoms in total. The molecule has 4 rings (SSSR count). The van der Waals surface area contributed by atoms with E-state index in [-0.39, 0.29) is 29.9 Å². The lowest BCUT2D eigenvalue weighted by molar-refractivity contribution is -0.136. The second-order valence-corrected chi connectivity index (χ2v) is 11.4. The number of amides is 6. The average Bonchev–Trinajstić information content (AvgIpc) is 3.19. The first-order valence-electron chi connectivity index (χ1n) is 14.4. The molecule has 1 unspecified atom stereocenters. The number of nitrogens with one attached hydrogen (secondary N) is 4. The second-order valence-electron chi connectivity index (χ2n) is 11.4. The molecular formula is C31H37N5O7. The highest BCUT2D eigenvalue weighted by molar-refractivity contribution is 6.25. The van der Waals surface area contributed by atoms with Crippen LogP contribution in [0.5, 0.6) is 0 Å². The molecule has 2 aliphatic rings. The van der Waals surface area contributed by atoms with Gasteiger partial charge in [0.25, 0.3) is 17.7 Å². The van der Waals surface area contributed by atoms with E-state index in [1.807, 2.05) is 0 Å². The summed E-state index contributed by atoms with van der Waals surface area (Å²) < 4.78 is 5.27. The van der Waals surface area contributed by atoms with Gasteiger partial charge in [-0.15, -0.1) is 0 Å². The van der Waals surface area contributed by atoms with Gasteiger partial charge < -0.3 is 15.4 Å². The van der Waals surface area contributed by atoms with E-state index in [9.17, 15) is 28.8 Å². The zero-order chi connectivity index (χ0) is 31.1. The van der Waals surface area contributed by atoms with Crippen molar-refractivity contribution in [1.82, 2.24) is 15.5 Å². The highest BCUT2D eigenvalue weighted by Crippen LogP contribution is 2.32. The van der Waals surface area contributed by atoms with Gasteiger partial charge in [0.15, 0.2) is 0 Å². The number of hydrogen-bond acceptors (Lipinski definition) is 8. The molecule has 4 N–H and O–H groups in total. The molecule has 2 aromatic carbocycles. The van der Waals surface area contributed by atoms with Crippen molar-refractivity contribution in [2.45, 2.75) is 70.9 Å². The Morgan fingerprint density at radius 3 is 2.33 bits per heavy atom. The number of anilines is 2. The van der Waals surface area contributed by atoms with Gasteiger partial charge in [-0.25, -0.2) is 4.79 Å². The van der Waals surface area contributed by atoms with Crippen molar-refractivity contribution in [2.24, 2.45) is 0 Å². The molecule has 228 valence electrons. The van der Waals surface area contributed by atoms with Crippen LogP contribution in [0.25, 0.3) is 0 Å². The van der Waals surface area contributed by atoms with Crippen molar-refractivity contribution in [3.05, 3.63) is 59.2 Å². The predicted molar refractivity (Wildman–Crippen MR) is 159 cm³/mol. The van der Waals surface area contributed by atoms with Crippen LogP contribution in [0.1, 0.15) is 90.4 Å². The maximum Gasteiger partial charge on any atom is 0.412 e. The Kier molecular flexibility index (Phi) is 9.79. The number of benzene rings is 2. The normalized spacial score (nSPS) is 16.4. The maximum atomic E-state index is 13.2. The maximum absolute atomic E-state index is 13.2. The topological polar surface area (TPSA) is 163 Å². The molecule has 2 aromatic rings. The molecule has 0 bridgehead atoms. The molecule has 1 saturated heterocycles. The molecule has 1 fully saturated rings. The molecule has 0 spiro atoms. The zero-order valence-electron chi connectivity index (χ0n) is 24.6. The minimum absolute atomic E-state index is 0.0667. The third-order valence-corrected chi connectivity index (χ3v) is 6.98. The van der Waals surface area contributed by atoms with E-state index < -0.39 is 41.4 Å². The van der Waals surface area contributed by atoms with Crippen molar-refractivity contribution in [2.75, 3.05) is 23.7 Å². The van der Waals surface area contributed by atoms with E-state index in [1.165, 1.54) is 0 Å². The lowest BCUT2D eigenvalue weighted by Gasteiger charge is -2.27. The van der Waals surface area contributed by atoms with Crippen LogP contribution in [0, 0.1) is 0 Å². The highest BCUT2D eigenvalue weighted by atomic mass is 16.6. The lowest BCUT2D eigenvalue weighted by Crippen LogP contribution is -2.54. The monoisotopic (exact) mass is 591 g/mol. The first kappa shape index (κ1) is 31.2. The Morgan fingerprint density at radius 1 is 0.907 bits per heavy atom. The third-order valence-electron chi connectivity index (χ3n) is 6.98. The summed E-state index contributed by atoms with van der Waals surface area (Å²) in [7, 11) is 0. The fourth-order valence-electron chi connectivity index (χ4n) is 4.99. The van der Waals surface area contributed by atoms with Crippen LogP contribution in [0.4, 0.5) is 16.2 Å². The molecule has 0 aliphatic carbocycles. The van der Waals surface area contributed by atoms with Crippen molar-refractivity contribution in [3.63, 3.8) is 0 Å². The highest BCUT2D eigenvalue weighted by Gasteiger charge is 2.45. The van der Waals surface area contributed by atoms with Crippen molar-refractivity contribution < 1.29 is 33.5 Å². The Hall–Kier alpha value is -4.74. The van der Waals surface area contributed by atoms with Crippen LogP contribution < -0.4 is 21.3 Å². The van der Waals surface area contributed by atoms with Crippen LogP contribution in [-0.4, -0.2) is 65.3 Å². The number of carbonyl (C=O) groups is 6. The van der Waals surface area contributed by atoms with E-state index in [4.69, 9.17) is 4.74 Å². The molecule has 12 heteroatoms. The molecule has 0 aromatic heterocycles. The van der Waals surface area contributed by atoms with Gasteiger partial charge in [-0.1, -0.05) is 31.0 Å². The van der Waals surface area contributed by atoms with Gasteiger partial charge >= 0.3 is 6.09 Å². The number of nitrogens with zero attached hydrogens (tertiary/aromatic N) is 1. The van der Waals surface area contributed by atoms with Crippen LogP contribution in [-0.2, 0) is 14.3 Å². The fraction of sp³-hybridized carbons (Fsp3) is 0.419. The predicted octanol–water partition coefficient (Wildman–Crippen LogP) is 3.84. The van der Waals surface area contributed by atoms with Gasteiger partial charge in [-0.05, 0) is 64.3 Å². The standard InChI is InChI=1S/C31H37N5O7/c1-31(2,3)43-30(42)34-21-13-7-6-11-19(21)26(38)33-18-9-5-4-8-17-32-22-14-10-12-20-25(22)29(41)36(28(20)40)23-15-16-24(37)35-27(23)39/h6-7,10-14,23,32H,4-5,8-9,15-18H2,1-3H3,(H,33,38)(H,34,42)(H,35,37,39). The zero-order valence-corrected chi connectivity index (χ0v) is 24.6. The molecule has 2 heterocycles. The Labute approximate surface area is 249 Å². The van der Waals surface area contributed by atoms with Gasteiger partial charge in [0.1, 0.15) is 11.6 Å². The number of para-hydroxylation sites is 1. The van der Waals surface area contributed by atoms with Gasteiger partial charge in [-0.2, -0.15) is 0 Å². The van der Waals surface area contributed by atoms with Crippen LogP contribution in [0.15, 0.2) is 42.5 Å². The van der Waals surface area contributed by atoms with E-state index in [0.29, 0.717) is 30.0 Å². The Morgan fingerprint density at radius 2 is 1.60 bits per heavy atom. The van der Waals surface area contributed by atoms with Crippen LogP contribution in [0.2, 0.25) is 0 Å². The number of piperidine rings is 1.